The highest BCUT2D eigenvalue weighted by atomic mass is 16.2. The zero-order valence-corrected chi connectivity index (χ0v) is 12.2. The number of nitrogens with one attached hydrogen (secondary N) is 1. The Labute approximate surface area is 110 Å². The minimum absolute atomic E-state index is 0.0606. The van der Waals surface area contributed by atoms with E-state index in [1.54, 1.807) is 6.92 Å². The number of hydrogen-bond donors (Lipinski definition) is 1. The molecule has 1 unspecified atom stereocenters. The van der Waals surface area contributed by atoms with Crippen molar-refractivity contribution < 1.29 is 9.59 Å². The molecule has 1 aliphatic heterocycles. The highest BCUT2D eigenvalue weighted by Crippen LogP contribution is 2.21. The number of carbonyl (C=O) groups excluding carboxylic acids is 2. The van der Waals surface area contributed by atoms with Crippen LogP contribution in [0.15, 0.2) is 0 Å². The van der Waals surface area contributed by atoms with Crippen molar-refractivity contribution in [1.29, 1.82) is 0 Å². The quantitative estimate of drug-likeness (QED) is 0.817. The van der Waals surface area contributed by atoms with Crippen molar-refractivity contribution in [3.8, 4) is 0 Å². The summed E-state index contributed by atoms with van der Waals surface area (Å²) in [6, 6.07) is 0.163. The normalized spacial score (nSPS) is 19.5. The number of nitrogens with zero attached hydrogens (tertiary/aromatic N) is 1. The Kier molecular flexibility index (Phi) is 4.77. The van der Waals surface area contributed by atoms with Crippen molar-refractivity contribution in [3.05, 3.63) is 0 Å². The molecule has 1 fully saturated rings. The lowest BCUT2D eigenvalue weighted by Gasteiger charge is -2.33. The van der Waals surface area contributed by atoms with Gasteiger partial charge in [0.25, 0.3) is 0 Å². The third-order valence-corrected chi connectivity index (χ3v) is 3.97. The van der Waals surface area contributed by atoms with Crippen molar-refractivity contribution in [2.24, 2.45) is 11.3 Å². The van der Waals surface area contributed by atoms with Crippen molar-refractivity contribution in [1.82, 2.24) is 10.2 Å². The maximum atomic E-state index is 12.1. The standard InChI is InChI=1S/C14H26N2O2/c1-10(14(3,4)5)15-13(18)12-6-8-16(9-7-12)11(2)17/h10,12H,6-9H2,1-5H3,(H,15,18). The van der Waals surface area contributed by atoms with Crippen molar-refractivity contribution >= 4 is 11.8 Å². The Morgan fingerprint density at radius 1 is 1.22 bits per heavy atom. The van der Waals surface area contributed by atoms with Gasteiger partial charge in [-0.3, -0.25) is 9.59 Å². The lowest BCUT2D eigenvalue weighted by Crippen LogP contribution is -2.47. The van der Waals surface area contributed by atoms with Crippen LogP contribution in [0.25, 0.3) is 0 Å². The van der Waals surface area contributed by atoms with Crippen LogP contribution in [0.5, 0.6) is 0 Å². The van der Waals surface area contributed by atoms with Gasteiger partial charge in [0.2, 0.25) is 11.8 Å². The van der Waals surface area contributed by atoms with Crippen LogP contribution in [-0.4, -0.2) is 35.8 Å². The largest absolute Gasteiger partial charge is 0.353 e. The molecule has 0 saturated carbocycles. The van der Waals surface area contributed by atoms with Gasteiger partial charge in [-0.05, 0) is 25.2 Å². The molecule has 0 aromatic heterocycles. The summed E-state index contributed by atoms with van der Waals surface area (Å²) in [5.41, 5.74) is 0.0791. The monoisotopic (exact) mass is 254 g/mol. The van der Waals surface area contributed by atoms with Crippen LogP contribution >= 0.6 is 0 Å². The smallest absolute Gasteiger partial charge is 0.223 e. The highest BCUT2D eigenvalue weighted by Gasteiger charge is 2.29. The minimum Gasteiger partial charge on any atom is -0.353 e. The van der Waals surface area contributed by atoms with Gasteiger partial charge in [-0.1, -0.05) is 20.8 Å². The van der Waals surface area contributed by atoms with Crippen molar-refractivity contribution in [3.63, 3.8) is 0 Å². The highest BCUT2D eigenvalue weighted by molar-refractivity contribution is 5.79. The van der Waals surface area contributed by atoms with E-state index in [0.717, 1.165) is 12.8 Å². The lowest BCUT2D eigenvalue weighted by molar-refractivity contribution is -0.134. The van der Waals surface area contributed by atoms with E-state index in [1.807, 2.05) is 11.8 Å². The third-order valence-electron chi connectivity index (χ3n) is 3.97. The molecule has 0 bridgehead atoms. The molecule has 1 heterocycles. The van der Waals surface area contributed by atoms with Gasteiger partial charge in [-0.2, -0.15) is 0 Å². The van der Waals surface area contributed by atoms with E-state index in [0.29, 0.717) is 13.1 Å². The van der Waals surface area contributed by atoms with Crippen molar-refractivity contribution in [2.45, 2.75) is 53.5 Å². The molecule has 1 aliphatic rings. The molecule has 4 heteroatoms. The first-order valence-corrected chi connectivity index (χ1v) is 6.77. The zero-order valence-electron chi connectivity index (χ0n) is 12.2. The van der Waals surface area contributed by atoms with E-state index >= 15 is 0 Å². The summed E-state index contributed by atoms with van der Waals surface area (Å²) < 4.78 is 0. The summed E-state index contributed by atoms with van der Waals surface area (Å²) in [6.45, 7) is 11.4. The topological polar surface area (TPSA) is 49.4 Å². The molecule has 2 amide bonds. The number of piperidine rings is 1. The first-order chi connectivity index (χ1) is 8.21. The molecule has 18 heavy (non-hydrogen) atoms. The maximum absolute atomic E-state index is 12.1. The summed E-state index contributed by atoms with van der Waals surface area (Å²) in [4.78, 5) is 25.1. The minimum atomic E-state index is 0.0606. The fraction of sp³-hybridized carbons (Fsp3) is 0.857. The van der Waals surface area contributed by atoms with Gasteiger partial charge in [0.15, 0.2) is 0 Å². The zero-order chi connectivity index (χ0) is 13.9. The number of hydrogen-bond acceptors (Lipinski definition) is 2. The molecular weight excluding hydrogens is 228 g/mol. The molecule has 104 valence electrons. The number of carbonyl (C=O) groups is 2. The molecule has 1 N–H and O–H groups in total. The lowest BCUT2D eigenvalue weighted by atomic mass is 9.87. The average Bonchev–Trinajstić information content (AvgIpc) is 2.27. The maximum Gasteiger partial charge on any atom is 0.223 e. The Morgan fingerprint density at radius 2 is 1.72 bits per heavy atom. The summed E-state index contributed by atoms with van der Waals surface area (Å²) in [5, 5.41) is 3.09. The molecule has 4 nitrogen and oxygen atoms in total. The van der Waals surface area contributed by atoms with Gasteiger partial charge in [0.05, 0.1) is 0 Å². The van der Waals surface area contributed by atoms with Gasteiger partial charge in [-0.15, -0.1) is 0 Å². The van der Waals surface area contributed by atoms with E-state index in [4.69, 9.17) is 0 Å². The Hall–Kier alpha value is -1.06. The van der Waals surface area contributed by atoms with Crippen LogP contribution in [0, 0.1) is 11.3 Å². The summed E-state index contributed by atoms with van der Waals surface area (Å²) in [7, 11) is 0. The summed E-state index contributed by atoms with van der Waals surface area (Å²) in [5.74, 6) is 0.308. The van der Waals surface area contributed by atoms with Crippen molar-refractivity contribution in [2.75, 3.05) is 13.1 Å². The molecule has 1 atom stereocenters. The molecule has 0 aliphatic carbocycles. The SMILES string of the molecule is CC(=O)N1CCC(C(=O)NC(C)C(C)(C)C)CC1. The molecule has 0 aromatic rings. The van der Waals surface area contributed by atoms with E-state index in [-0.39, 0.29) is 29.2 Å². The van der Waals surface area contributed by atoms with Gasteiger partial charge >= 0.3 is 0 Å². The van der Waals surface area contributed by atoms with E-state index < -0.39 is 0 Å². The summed E-state index contributed by atoms with van der Waals surface area (Å²) >= 11 is 0. The second-order valence-electron chi connectivity index (χ2n) is 6.38. The molecule has 1 saturated heterocycles. The molecule has 0 radical (unpaired) electrons. The Bertz CT molecular complexity index is 312. The molecular formula is C14H26N2O2. The van der Waals surface area contributed by atoms with Crippen LogP contribution < -0.4 is 5.32 Å². The van der Waals surface area contributed by atoms with Gasteiger partial charge in [-0.25, -0.2) is 0 Å². The van der Waals surface area contributed by atoms with Crippen LogP contribution in [0.2, 0.25) is 0 Å². The van der Waals surface area contributed by atoms with Crippen LogP contribution in [-0.2, 0) is 9.59 Å². The van der Waals surface area contributed by atoms with E-state index in [2.05, 4.69) is 26.1 Å². The second-order valence-corrected chi connectivity index (χ2v) is 6.38. The second kappa shape index (κ2) is 5.72. The van der Waals surface area contributed by atoms with Gasteiger partial charge < -0.3 is 10.2 Å². The fourth-order valence-corrected chi connectivity index (χ4v) is 2.00. The van der Waals surface area contributed by atoms with Crippen LogP contribution in [0.3, 0.4) is 0 Å². The Morgan fingerprint density at radius 3 is 2.11 bits per heavy atom. The van der Waals surface area contributed by atoms with Gasteiger partial charge in [0.1, 0.15) is 0 Å². The first kappa shape index (κ1) is 15.0. The fourth-order valence-electron chi connectivity index (χ4n) is 2.00. The number of amides is 2. The number of rotatable bonds is 2. The molecule has 0 spiro atoms. The Balaban J connectivity index is 2.43. The average molecular weight is 254 g/mol. The number of likely N-dealkylation sites (tertiary alicyclic amines) is 1. The predicted molar refractivity (Wildman–Crippen MR) is 72.0 cm³/mol. The predicted octanol–water partition coefficient (Wildman–Crippen LogP) is 1.80. The third kappa shape index (κ3) is 4.00. The van der Waals surface area contributed by atoms with E-state index in [9.17, 15) is 9.59 Å². The molecule has 1 rings (SSSR count). The summed E-state index contributed by atoms with van der Waals surface area (Å²) in [6.07, 6.45) is 1.56. The first-order valence-electron chi connectivity index (χ1n) is 6.77. The van der Waals surface area contributed by atoms with Gasteiger partial charge in [0, 0.05) is 32.0 Å². The van der Waals surface area contributed by atoms with Crippen LogP contribution in [0.4, 0.5) is 0 Å². The van der Waals surface area contributed by atoms with E-state index in [1.165, 1.54) is 0 Å². The van der Waals surface area contributed by atoms with Crippen LogP contribution in [0.1, 0.15) is 47.5 Å². The molecule has 0 aromatic carbocycles.